The van der Waals surface area contributed by atoms with Crippen molar-refractivity contribution in [3.63, 3.8) is 0 Å². The van der Waals surface area contributed by atoms with E-state index in [4.69, 9.17) is 0 Å². The van der Waals surface area contributed by atoms with Gasteiger partial charge >= 0.3 is 0 Å². The standard InChI is InChI=1S/C34H45N5O2S2/c1-22(2)38-13-15-39(16-14-38)32(41)29-18-27(17-23(3)24(29)4)21-42-30-20-36-33(43-30)37-31(40)28-11-9-26(10-12-28)19-35-25(5)34(6,7)8/h9-12,17-18,20,25,35H,1,13-16,19,21H2,2-8H3,(H,36,37,40). The van der Waals surface area contributed by atoms with Crippen molar-refractivity contribution in [3.05, 3.63) is 88.3 Å². The van der Waals surface area contributed by atoms with Crippen LogP contribution in [0.5, 0.6) is 0 Å². The van der Waals surface area contributed by atoms with Gasteiger partial charge in [-0.3, -0.25) is 14.9 Å². The van der Waals surface area contributed by atoms with Crippen molar-refractivity contribution >= 4 is 40.0 Å². The number of amides is 2. The molecule has 2 N–H and O–H groups in total. The molecule has 7 nitrogen and oxygen atoms in total. The van der Waals surface area contributed by atoms with E-state index < -0.39 is 0 Å². The molecule has 1 atom stereocenters. The molecule has 4 rings (SSSR count). The van der Waals surface area contributed by atoms with Crippen molar-refractivity contribution in [2.75, 3.05) is 31.5 Å². The topological polar surface area (TPSA) is 77.6 Å². The van der Waals surface area contributed by atoms with E-state index in [1.807, 2.05) is 49.1 Å². The monoisotopic (exact) mass is 619 g/mol. The molecule has 0 spiro atoms. The van der Waals surface area contributed by atoms with Gasteiger partial charge in [-0.25, -0.2) is 4.98 Å². The Kier molecular flexibility index (Phi) is 10.7. The molecule has 1 aliphatic heterocycles. The summed E-state index contributed by atoms with van der Waals surface area (Å²) in [6.07, 6.45) is 1.80. The highest BCUT2D eigenvalue weighted by Gasteiger charge is 2.24. The number of nitrogens with one attached hydrogen (secondary N) is 2. The number of aromatic nitrogens is 1. The number of thiazole rings is 1. The lowest BCUT2D eigenvalue weighted by Crippen LogP contribution is -2.48. The summed E-state index contributed by atoms with van der Waals surface area (Å²) in [7, 11) is 0. The number of nitrogens with zero attached hydrogens (tertiary/aromatic N) is 3. The second-order valence-corrected chi connectivity index (χ2v) is 14.8. The van der Waals surface area contributed by atoms with Crippen LogP contribution < -0.4 is 10.6 Å². The molecule has 3 aromatic rings. The van der Waals surface area contributed by atoms with E-state index in [0.717, 1.165) is 57.4 Å². The Hall–Kier alpha value is -3.14. The van der Waals surface area contributed by atoms with Crippen LogP contribution in [-0.2, 0) is 12.3 Å². The van der Waals surface area contributed by atoms with E-state index in [2.05, 4.69) is 67.8 Å². The summed E-state index contributed by atoms with van der Waals surface area (Å²) in [4.78, 5) is 34.9. The smallest absolute Gasteiger partial charge is 0.257 e. The summed E-state index contributed by atoms with van der Waals surface area (Å²) in [5, 5.41) is 7.06. The van der Waals surface area contributed by atoms with Gasteiger partial charge < -0.3 is 15.1 Å². The van der Waals surface area contributed by atoms with E-state index in [9.17, 15) is 9.59 Å². The molecule has 0 aliphatic carbocycles. The summed E-state index contributed by atoms with van der Waals surface area (Å²) in [6, 6.07) is 12.3. The third-order valence-electron chi connectivity index (χ3n) is 8.28. The van der Waals surface area contributed by atoms with Crippen LogP contribution in [0, 0.1) is 19.3 Å². The fraction of sp³-hybridized carbons (Fsp3) is 0.441. The Balaban J connectivity index is 1.32. The second-order valence-electron chi connectivity index (χ2n) is 12.5. The first-order valence-electron chi connectivity index (χ1n) is 14.8. The molecule has 2 amide bonds. The van der Waals surface area contributed by atoms with E-state index in [1.165, 1.54) is 11.3 Å². The molecule has 230 valence electrons. The maximum absolute atomic E-state index is 13.4. The average molecular weight is 620 g/mol. The number of hydrogen-bond donors (Lipinski definition) is 2. The maximum atomic E-state index is 13.4. The quantitative estimate of drug-likeness (QED) is 0.235. The van der Waals surface area contributed by atoms with E-state index in [1.54, 1.807) is 18.0 Å². The van der Waals surface area contributed by atoms with Gasteiger partial charge in [-0.15, -0.1) is 11.8 Å². The number of rotatable bonds is 10. The van der Waals surface area contributed by atoms with Gasteiger partial charge in [0.15, 0.2) is 5.13 Å². The van der Waals surface area contributed by atoms with Gasteiger partial charge in [0.2, 0.25) is 0 Å². The number of carbonyl (C=O) groups excluding carboxylic acids is 2. The van der Waals surface area contributed by atoms with Crippen LogP contribution in [0.3, 0.4) is 0 Å². The Morgan fingerprint density at radius 3 is 2.33 bits per heavy atom. The number of thioether (sulfide) groups is 1. The minimum absolute atomic E-state index is 0.0976. The number of aryl methyl sites for hydroxylation is 1. The first kappa shape index (κ1) is 32.8. The Bertz CT molecular complexity index is 1450. The molecular weight excluding hydrogens is 575 g/mol. The van der Waals surface area contributed by atoms with Crippen molar-refractivity contribution in [2.45, 2.75) is 71.0 Å². The summed E-state index contributed by atoms with van der Waals surface area (Å²) >= 11 is 3.12. The van der Waals surface area contributed by atoms with Gasteiger partial charge in [-0.2, -0.15) is 0 Å². The van der Waals surface area contributed by atoms with Crippen LogP contribution in [0.4, 0.5) is 5.13 Å². The van der Waals surface area contributed by atoms with Gasteiger partial charge in [0.25, 0.3) is 11.8 Å². The molecule has 0 saturated carbocycles. The highest BCUT2D eigenvalue weighted by molar-refractivity contribution is 8.00. The van der Waals surface area contributed by atoms with Crippen LogP contribution >= 0.6 is 23.1 Å². The first-order valence-corrected chi connectivity index (χ1v) is 16.6. The SMILES string of the molecule is C=C(C)N1CCN(C(=O)c2cc(CSc3cnc(NC(=O)c4ccc(CNC(C)C(C)(C)C)cc4)s3)cc(C)c2C)CC1. The van der Waals surface area contributed by atoms with Crippen molar-refractivity contribution in [1.29, 1.82) is 0 Å². The van der Waals surface area contributed by atoms with Gasteiger partial charge in [0.05, 0.1) is 10.4 Å². The molecule has 1 unspecified atom stereocenters. The fourth-order valence-corrected chi connectivity index (χ4v) is 6.56. The second kappa shape index (κ2) is 14.1. The zero-order valence-electron chi connectivity index (χ0n) is 26.5. The van der Waals surface area contributed by atoms with Crippen LogP contribution in [0.1, 0.15) is 77.6 Å². The Morgan fingerprint density at radius 2 is 1.70 bits per heavy atom. The average Bonchev–Trinajstić information content (AvgIpc) is 3.42. The lowest BCUT2D eigenvalue weighted by molar-refractivity contribution is 0.0669. The van der Waals surface area contributed by atoms with Crippen molar-refractivity contribution in [2.24, 2.45) is 5.41 Å². The van der Waals surface area contributed by atoms with Crippen molar-refractivity contribution in [3.8, 4) is 0 Å². The van der Waals surface area contributed by atoms with Gasteiger partial charge in [0.1, 0.15) is 0 Å². The summed E-state index contributed by atoms with van der Waals surface area (Å²) in [5.41, 5.74) is 7.01. The third kappa shape index (κ3) is 8.71. The molecule has 1 saturated heterocycles. The largest absolute Gasteiger partial charge is 0.372 e. The lowest BCUT2D eigenvalue weighted by atomic mass is 9.88. The Morgan fingerprint density at radius 1 is 1.05 bits per heavy atom. The summed E-state index contributed by atoms with van der Waals surface area (Å²) in [5.74, 6) is 0.638. The van der Waals surface area contributed by atoms with Gasteiger partial charge in [-0.05, 0) is 73.6 Å². The fourth-order valence-electron chi connectivity index (χ4n) is 4.76. The van der Waals surface area contributed by atoms with Crippen LogP contribution in [0.2, 0.25) is 0 Å². The van der Waals surface area contributed by atoms with Crippen molar-refractivity contribution < 1.29 is 9.59 Å². The molecule has 0 bridgehead atoms. The lowest BCUT2D eigenvalue weighted by Gasteiger charge is -2.36. The molecule has 1 aliphatic rings. The number of carbonyl (C=O) groups is 2. The molecule has 9 heteroatoms. The third-order valence-corrected chi connectivity index (χ3v) is 10.5. The maximum Gasteiger partial charge on any atom is 0.257 e. The number of benzene rings is 2. The number of allylic oxidation sites excluding steroid dienone is 1. The van der Waals surface area contributed by atoms with Gasteiger partial charge in [0, 0.05) is 61.3 Å². The zero-order chi connectivity index (χ0) is 31.3. The normalized spacial score (nSPS) is 14.5. The molecule has 1 aromatic heterocycles. The molecule has 0 radical (unpaired) electrons. The molecule has 2 heterocycles. The van der Waals surface area contributed by atoms with E-state index in [0.29, 0.717) is 35.6 Å². The van der Waals surface area contributed by atoms with Crippen LogP contribution in [0.15, 0.2) is 59.1 Å². The van der Waals surface area contributed by atoms with E-state index in [-0.39, 0.29) is 17.2 Å². The zero-order valence-corrected chi connectivity index (χ0v) is 28.2. The number of hydrogen-bond acceptors (Lipinski definition) is 7. The molecular formula is C34H45N5O2S2. The summed E-state index contributed by atoms with van der Waals surface area (Å²) < 4.78 is 1.01. The van der Waals surface area contributed by atoms with Gasteiger partial charge in [-0.1, -0.05) is 56.9 Å². The van der Waals surface area contributed by atoms with Crippen LogP contribution in [0.25, 0.3) is 0 Å². The van der Waals surface area contributed by atoms with Crippen molar-refractivity contribution in [1.82, 2.24) is 20.1 Å². The Labute approximate surface area is 265 Å². The summed E-state index contributed by atoms with van der Waals surface area (Å²) in [6.45, 7) is 22.8. The minimum Gasteiger partial charge on any atom is -0.372 e. The highest BCUT2D eigenvalue weighted by Crippen LogP contribution is 2.32. The highest BCUT2D eigenvalue weighted by atomic mass is 32.2. The number of anilines is 1. The predicted octanol–water partition coefficient (Wildman–Crippen LogP) is 7.12. The molecule has 2 aromatic carbocycles. The number of piperazine rings is 1. The molecule has 1 fully saturated rings. The minimum atomic E-state index is -0.171. The molecule has 43 heavy (non-hydrogen) atoms. The van der Waals surface area contributed by atoms with E-state index >= 15 is 0 Å². The first-order chi connectivity index (χ1) is 20.3. The predicted molar refractivity (Wildman–Crippen MR) is 180 cm³/mol. The van der Waals surface area contributed by atoms with Crippen LogP contribution in [-0.4, -0.2) is 58.8 Å².